The summed E-state index contributed by atoms with van der Waals surface area (Å²) in [6, 6.07) is -0.209. The lowest BCUT2D eigenvalue weighted by molar-refractivity contribution is -0.142. The molecule has 0 aromatic carbocycles. The van der Waals surface area contributed by atoms with Crippen LogP contribution in [0, 0.1) is 5.92 Å². The SMILES string of the molecule is O=C(O)C1CCCN1CCC1CCC=CCC1. The van der Waals surface area contributed by atoms with Gasteiger partial charge < -0.3 is 5.11 Å². The van der Waals surface area contributed by atoms with Crippen LogP contribution in [0.1, 0.15) is 44.9 Å². The minimum atomic E-state index is -0.634. The predicted octanol–water partition coefficient (Wildman–Crippen LogP) is 2.67. The van der Waals surface area contributed by atoms with Crippen molar-refractivity contribution in [3.8, 4) is 0 Å². The van der Waals surface area contributed by atoms with Crippen LogP contribution in [0.3, 0.4) is 0 Å². The fourth-order valence-electron chi connectivity index (χ4n) is 3.05. The van der Waals surface area contributed by atoms with Crippen LogP contribution in [-0.4, -0.2) is 35.1 Å². The van der Waals surface area contributed by atoms with Crippen molar-refractivity contribution in [1.82, 2.24) is 4.90 Å². The zero-order chi connectivity index (χ0) is 12.1. The van der Waals surface area contributed by atoms with E-state index in [0.717, 1.165) is 31.8 Å². The van der Waals surface area contributed by atoms with Crippen molar-refractivity contribution in [3.05, 3.63) is 12.2 Å². The lowest BCUT2D eigenvalue weighted by atomic mass is 9.96. The number of allylic oxidation sites excluding steroid dienone is 2. The molecule has 0 amide bonds. The maximum absolute atomic E-state index is 11.1. The van der Waals surface area contributed by atoms with Crippen molar-refractivity contribution < 1.29 is 9.90 Å². The Morgan fingerprint density at radius 1 is 1.24 bits per heavy atom. The Balaban J connectivity index is 1.75. The molecule has 0 radical (unpaired) electrons. The summed E-state index contributed by atoms with van der Waals surface area (Å²) in [5, 5.41) is 9.11. The van der Waals surface area contributed by atoms with Crippen molar-refractivity contribution in [2.75, 3.05) is 13.1 Å². The van der Waals surface area contributed by atoms with Gasteiger partial charge in [-0.1, -0.05) is 12.2 Å². The Bertz CT molecular complexity index is 278. The quantitative estimate of drug-likeness (QED) is 0.764. The van der Waals surface area contributed by atoms with E-state index in [-0.39, 0.29) is 6.04 Å². The number of hydrogen-bond donors (Lipinski definition) is 1. The molecule has 1 aliphatic heterocycles. The molecule has 17 heavy (non-hydrogen) atoms. The number of carboxylic acids is 1. The average Bonchev–Trinajstić information content (AvgIpc) is 2.63. The lowest BCUT2D eigenvalue weighted by Crippen LogP contribution is -2.37. The molecule has 1 aliphatic carbocycles. The standard InChI is InChI=1S/C14H23NO2/c16-14(17)13-8-5-10-15(13)11-9-12-6-3-1-2-4-7-12/h1-2,12-13H,3-11H2,(H,16,17). The molecule has 0 saturated carbocycles. The summed E-state index contributed by atoms with van der Waals surface area (Å²) in [6.07, 6.45) is 12.6. The van der Waals surface area contributed by atoms with Gasteiger partial charge in [-0.25, -0.2) is 0 Å². The monoisotopic (exact) mass is 237 g/mol. The normalized spacial score (nSPS) is 27.2. The van der Waals surface area contributed by atoms with Gasteiger partial charge in [0.25, 0.3) is 0 Å². The lowest BCUT2D eigenvalue weighted by Gasteiger charge is -2.23. The van der Waals surface area contributed by atoms with Crippen LogP contribution in [0.2, 0.25) is 0 Å². The molecule has 1 atom stereocenters. The van der Waals surface area contributed by atoms with Gasteiger partial charge >= 0.3 is 5.97 Å². The molecule has 3 nitrogen and oxygen atoms in total. The molecule has 1 saturated heterocycles. The number of rotatable bonds is 4. The third-order valence-electron chi connectivity index (χ3n) is 4.12. The van der Waals surface area contributed by atoms with Crippen molar-refractivity contribution in [1.29, 1.82) is 0 Å². The van der Waals surface area contributed by atoms with Crippen molar-refractivity contribution in [3.63, 3.8) is 0 Å². The third kappa shape index (κ3) is 3.56. The van der Waals surface area contributed by atoms with Gasteiger partial charge in [-0.15, -0.1) is 0 Å². The summed E-state index contributed by atoms with van der Waals surface area (Å²) in [6.45, 7) is 1.95. The van der Waals surface area contributed by atoms with E-state index < -0.39 is 5.97 Å². The summed E-state index contributed by atoms with van der Waals surface area (Å²) in [5.41, 5.74) is 0. The van der Waals surface area contributed by atoms with E-state index >= 15 is 0 Å². The topological polar surface area (TPSA) is 40.5 Å². The van der Waals surface area contributed by atoms with Crippen LogP contribution in [0.15, 0.2) is 12.2 Å². The Morgan fingerprint density at radius 3 is 2.59 bits per heavy atom. The summed E-state index contributed by atoms with van der Waals surface area (Å²) in [5.74, 6) is 0.157. The van der Waals surface area contributed by atoms with Gasteiger partial charge in [-0.05, 0) is 64.0 Å². The molecule has 0 spiro atoms. The van der Waals surface area contributed by atoms with Crippen LogP contribution in [-0.2, 0) is 4.79 Å². The smallest absolute Gasteiger partial charge is 0.320 e. The minimum Gasteiger partial charge on any atom is -0.480 e. The van der Waals surface area contributed by atoms with Crippen molar-refractivity contribution in [2.24, 2.45) is 5.92 Å². The zero-order valence-electron chi connectivity index (χ0n) is 10.5. The number of carbonyl (C=O) groups is 1. The molecule has 2 rings (SSSR count). The largest absolute Gasteiger partial charge is 0.480 e. The van der Waals surface area contributed by atoms with E-state index in [1.165, 1.54) is 32.1 Å². The molecule has 3 heteroatoms. The highest BCUT2D eigenvalue weighted by Gasteiger charge is 2.30. The van der Waals surface area contributed by atoms with Gasteiger partial charge in [0.2, 0.25) is 0 Å². The Kier molecular flexibility index (Phi) is 4.60. The number of aliphatic carboxylic acids is 1. The summed E-state index contributed by atoms with van der Waals surface area (Å²) < 4.78 is 0. The third-order valence-corrected chi connectivity index (χ3v) is 4.12. The molecular formula is C14H23NO2. The molecular weight excluding hydrogens is 214 g/mol. The zero-order valence-corrected chi connectivity index (χ0v) is 10.5. The molecule has 0 aromatic heterocycles. The highest BCUT2D eigenvalue weighted by Crippen LogP contribution is 2.24. The molecule has 1 fully saturated rings. The van der Waals surface area contributed by atoms with Crippen molar-refractivity contribution >= 4 is 5.97 Å². The van der Waals surface area contributed by atoms with E-state index in [1.807, 2.05) is 0 Å². The van der Waals surface area contributed by atoms with E-state index in [1.54, 1.807) is 0 Å². The molecule has 0 bridgehead atoms. The predicted molar refractivity (Wildman–Crippen MR) is 67.9 cm³/mol. The van der Waals surface area contributed by atoms with Gasteiger partial charge in [0.05, 0.1) is 0 Å². The molecule has 0 aromatic rings. The van der Waals surface area contributed by atoms with Crippen LogP contribution >= 0.6 is 0 Å². The van der Waals surface area contributed by atoms with Crippen LogP contribution < -0.4 is 0 Å². The summed E-state index contributed by atoms with van der Waals surface area (Å²) in [4.78, 5) is 13.2. The van der Waals surface area contributed by atoms with Gasteiger partial charge in [0.15, 0.2) is 0 Å². The Labute approximate surface area is 103 Å². The molecule has 2 aliphatic rings. The first-order valence-corrected chi connectivity index (χ1v) is 6.89. The number of nitrogens with zero attached hydrogens (tertiary/aromatic N) is 1. The first-order chi connectivity index (χ1) is 8.27. The maximum atomic E-state index is 11.1. The summed E-state index contributed by atoms with van der Waals surface area (Å²) in [7, 11) is 0. The van der Waals surface area contributed by atoms with Crippen molar-refractivity contribution in [2.45, 2.75) is 51.0 Å². The fraction of sp³-hybridized carbons (Fsp3) is 0.786. The van der Waals surface area contributed by atoms with E-state index in [9.17, 15) is 4.79 Å². The number of carboxylic acid groups (broad SMARTS) is 1. The first kappa shape index (κ1) is 12.6. The number of likely N-dealkylation sites (tertiary alicyclic amines) is 1. The second kappa shape index (κ2) is 6.20. The maximum Gasteiger partial charge on any atom is 0.320 e. The minimum absolute atomic E-state index is 0.209. The van der Waals surface area contributed by atoms with E-state index in [4.69, 9.17) is 5.11 Å². The fourth-order valence-corrected chi connectivity index (χ4v) is 3.05. The first-order valence-electron chi connectivity index (χ1n) is 6.89. The second-order valence-corrected chi connectivity index (χ2v) is 5.31. The molecule has 1 unspecified atom stereocenters. The number of hydrogen-bond acceptors (Lipinski definition) is 2. The molecule has 1 heterocycles. The van der Waals surface area contributed by atoms with Gasteiger partial charge in [0, 0.05) is 0 Å². The molecule has 96 valence electrons. The summed E-state index contributed by atoms with van der Waals surface area (Å²) >= 11 is 0. The van der Waals surface area contributed by atoms with Gasteiger partial charge in [-0.3, -0.25) is 9.69 Å². The average molecular weight is 237 g/mol. The van der Waals surface area contributed by atoms with Crippen LogP contribution in [0.4, 0.5) is 0 Å². The second-order valence-electron chi connectivity index (χ2n) is 5.31. The Morgan fingerprint density at radius 2 is 1.94 bits per heavy atom. The van der Waals surface area contributed by atoms with Crippen LogP contribution in [0.5, 0.6) is 0 Å². The Hall–Kier alpha value is -0.830. The highest BCUT2D eigenvalue weighted by atomic mass is 16.4. The highest BCUT2D eigenvalue weighted by molar-refractivity contribution is 5.73. The van der Waals surface area contributed by atoms with E-state index in [0.29, 0.717) is 0 Å². The molecule has 1 N–H and O–H groups in total. The van der Waals surface area contributed by atoms with Gasteiger partial charge in [-0.2, -0.15) is 0 Å². The van der Waals surface area contributed by atoms with Gasteiger partial charge in [0.1, 0.15) is 6.04 Å². The van der Waals surface area contributed by atoms with Crippen LogP contribution in [0.25, 0.3) is 0 Å². The van der Waals surface area contributed by atoms with E-state index in [2.05, 4.69) is 17.1 Å².